The van der Waals surface area contributed by atoms with Gasteiger partial charge in [-0.1, -0.05) is 40.7 Å². The highest BCUT2D eigenvalue weighted by molar-refractivity contribution is 6.11. The number of nitrogens with one attached hydrogen (secondary N) is 1. The fourth-order valence-corrected chi connectivity index (χ4v) is 4.40. The number of hydrogen-bond donors (Lipinski definition) is 2. The van der Waals surface area contributed by atoms with Gasteiger partial charge in [0.1, 0.15) is 24.0 Å². The first-order valence-corrected chi connectivity index (χ1v) is 11.8. The molecule has 1 aliphatic rings. The molecule has 3 aromatic rings. The van der Waals surface area contributed by atoms with Crippen LogP contribution in [0.2, 0.25) is 0 Å². The van der Waals surface area contributed by atoms with E-state index in [1.54, 1.807) is 0 Å². The first kappa shape index (κ1) is 23.4. The van der Waals surface area contributed by atoms with E-state index in [9.17, 15) is 4.79 Å². The number of ether oxygens (including phenoxy) is 2. The van der Waals surface area contributed by atoms with E-state index in [1.165, 1.54) is 5.56 Å². The van der Waals surface area contributed by atoms with Crippen molar-refractivity contribution in [2.45, 2.75) is 78.6 Å². The number of nitrogens with two attached hydrogens (primary N) is 1. The van der Waals surface area contributed by atoms with Crippen LogP contribution in [0.4, 0.5) is 0 Å². The molecule has 2 aromatic carbocycles. The van der Waals surface area contributed by atoms with Gasteiger partial charge in [0.05, 0.1) is 5.52 Å². The van der Waals surface area contributed by atoms with Gasteiger partial charge < -0.3 is 20.2 Å². The summed E-state index contributed by atoms with van der Waals surface area (Å²) in [6, 6.07) is 8.05. The minimum atomic E-state index is -0.621. The smallest absolute Gasteiger partial charge is 0.323 e. The second-order valence-corrected chi connectivity index (χ2v) is 11.2. The lowest BCUT2D eigenvalue weighted by Crippen LogP contribution is -2.33. The Morgan fingerprint density at radius 3 is 2.58 bits per heavy atom. The maximum Gasteiger partial charge on any atom is 0.323 e. The van der Waals surface area contributed by atoms with E-state index in [-0.39, 0.29) is 18.0 Å². The minimum Gasteiger partial charge on any atom is -0.483 e. The fraction of sp³-hybridized carbons (Fsp3) is 0.464. The Labute approximate surface area is 196 Å². The molecular formula is C28H36N2O3. The summed E-state index contributed by atoms with van der Waals surface area (Å²) in [5.41, 5.74) is 10.9. The zero-order valence-electron chi connectivity index (χ0n) is 20.8. The van der Waals surface area contributed by atoms with Gasteiger partial charge in [0, 0.05) is 27.4 Å². The summed E-state index contributed by atoms with van der Waals surface area (Å²) in [4.78, 5) is 16.1. The van der Waals surface area contributed by atoms with E-state index in [0.29, 0.717) is 12.3 Å². The van der Waals surface area contributed by atoms with Gasteiger partial charge in [-0.2, -0.15) is 0 Å². The first-order valence-electron chi connectivity index (χ1n) is 11.8. The lowest BCUT2D eigenvalue weighted by Gasteiger charge is -2.30. The largest absolute Gasteiger partial charge is 0.483 e. The molecule has 176 valence electrons. The van der Waals surface area contributed by atoms with Gasteiger partial charge in [-0.05, 0) is 67.5 Å². The van der Waals surface area contributed by atoms with Crippen molar-refractivity contribution in [1.82, 2.24) is 4.98 Å². The fourth-order valence-electron chi connectivity index (χ4n) is 4.40. The van der Waals surface area contributed by atoms with E-state index < -0.39 is 11.6 Å². The van der Waals surface area contributed by atoms with Gasteiger partial charge >= 0.3 is 5.97 Å². The lowest BCUT2D eigenvalue weighted by atomic mass is 9.86. The quantitative estimate of drug-likeness (QED) is 0.454. The maximum atomic E-state index is 12.5. The van der Waals surface area contributed by atoms with Crippen molar-refractivity contribution in [3.63, 3.8) is 0 Å². The molecule has 0 unspecified atom stereocenters. The van der Waals surface area contributed by atoms with Crippen LogP contribution in [-0.4, -0.2) is 22.6 Å². The van der Waals surface area contributed by atoms with Crippen LogP contribution in [0, 0.1) is 5.92 Å². The third-order valence-electron chi connectivity index (χ3n) is 6.24. The van der Waals surface area contributed by atoms with Crippen molar-refractivity contribution in [1.29, 1.82) is 0 Å². The van der Waals surface area contributed by atoms with Gasteiger partial charge in [-0.25, -0.2) is 0 Å². The van der Waals surface area contributed by atoms with Crippen molar-refractivity contribution in [3.8, 4) is 5.75 Å². The third-order valence-corrected chi connectivity index (χ3v) is 6.24. The van der Waals surface area contributed by atoms with Crippen LogP contribution >= 0.6 is 0 Å². The van der Waals surface area contributed by atoms with Crippen molar-refractivity contribution >= 4 is 33.9 Å². The Morgan fingerprint density at radius 2 is 1.91 bits per heavy atom. The summed E-state index contributed by atoms with van der Waals surface area (Å²) in [6.45, 7) is 14.9. The molecule has 4 rings (SSSR count). The number of fused-ring (bicyclic) bond motifs is 5. The molecule has 1 atom stereocenters. The molecule has 0 saturated heterocycles. The molecule has 0 spiro atoms. The minimum absolute atomic E-state index is 0.0456. The Kier molecular flexibility index (Phi) is 5.81. The summed E-state index contributed by atoms with van der Waals surface area (Å²) in [5.74, 6) is 0.703. The van der Waals surface area contributed by atoms with Gasteiger partial charge in [0.25, 0.3) is 0 Å². The SMILES string of the molecule is CC(C)C[C@H](N)C(=O)OCc1cc2c([nH]c3ccc(C(C)(C)C)cc32)c2c1OC(C)(C)C=C2. The zero-order valence-corrected chi connectivity index (χ0v) is 20.8. The molecule has 1 aliphatic heterocycles. The molecule has 0 saturated carbocycles. The standard InChI is InChI=1S/C28H36N2O3/c1-16(2)12-22(29)26(31)32-15-17-13-21-20-14-18(27(3,4)5)8-9-23(20)30-24(21)19-10-11-28(6,7)33-25(17)19/h8-11,13-14,16,22,30H,12,15,29H2,1-7H3/t22-/m0/s1. The van der Waals surface area contributed by atoms with E-state index in [4.69, 9.17) is 15.2 Å². The number of rotatable bonds is 5. The van der Waals surface area contributed by atoms with E-state index in [2.05, 4.69) is 62.2 Å². The number of hydrogen-bond acceptors (Lipinski definition) is 4. The van der Waals surface area contributed by atoms with E-state index in [1.807, 2.05) is 27.7 Å². The second kappa shape index (κ2) is 8.21. The summed E-state index contributed by atoms with van der Waals surface area (Å²) < 4.78 is 12.0. The number of benzene rings is 2. The van der Waals surface area contributed by atoms with Crippen LogP contribution in [-0.2, 0) is 21.6 Å². The molecule has 3 N–H and O–H groups in total. The van der Waals surface area contributed by atoms with E-state index >= 15 is 0 Å². The van der Waals surface area contributed by atoms with Crippen LogP contribution in [0.1, 0.15) is 71.6 Å². The summed E-state index contributed by atoms with van der Waals surface area (Å²) in [7, 11) is 0. The predicted octanol–water partition coefficient (Wildman–Crippen LogP) is 6.22. The Balaban J connectivity index is 1.82. The Bertz CT molecular complexity index is 1240. The molecule has 0 bridgehead atoms. The first-order chi connectivity index (χ1) is 15.4. The molecule has 0 amide bonds. The van der Waals surface area contributed by atoms with Crippen molar-refractivity contribution < 1.29 is 14.3 Å². The lowest BCUT2D eigenvalue weighted by molar-refractivity contribution is -0.147. The van der Waals surface area contributed by atoms with Crippen LogP contribution < -0.4 is 10.5 Å². The molecule has 0 aliphatic carbocycles. The zero-order chi connectivity index (χ0) is 24.1. The highest BCUT2D eigenvalue weighted by atomic mass is 16.5. The summed E-state index contributed by atoms with van der Waals surface area (Å²) in [5, 5.41) is 2.25. The monoisotopic (exact) mass is 448 g/mol. The average Bonchev–Trinajstić information content (AvgIpc) is 3.07. The van der Waals surface area contributed by atoms with E-state index in [0.717, 1.165) is 38.7 Å². The highest BCUT2D eigenvalue weighted by Gasteiger charge is 2.28. The summed E-state index contributed by atoms with van der Waals surface area (Å²) in [6.07, 6.45) is 4.77. The molecule has 2 heterocycles. The highest BCUT2D eigenvalue weighted by Crippen LogP contribution is 2.42. The third kappa shape index (κ3) is 4.65. The van der Waals surface area contributed by atoms with Crippen LogP contribution in [0.3, 0.4) is 0 Å². The van der Waals surface area contributed by atoms with Crippen LogP contribution in [0.15, 0.2) is 30.3 Å². The van der Waals surface area contributed by atoms with Crippen molar-refractivity contribution in [2.75, 3.05) is 0 Å². The van der Waals surface area contributed by atoms with Crippen molar-refractivity contribution in [2.24, 2.45) is 11.7 Å². The molecular weight excluding hydrogens is 412 g/mol. The summed E-state index contributed by atoms with van der Waals surface area (Å²) >= 11 is 0. The number of aromatic amines is 1. The molecule has 1 aromatic heterocycles. The average molecular weight is 449 g/mol. The van der Waals surface area contributed by atoms with Gasteiger partial charge in [0.2, 0.25) is 0 Å². The maximum absolute atomic E-state index is 12.5. The number of H-pyrrole nitrogens is 1. The van der Waals surface area contributed by atoms with Gasteiger partial charge in [0.15, 0.2) is 0 Å². The predicted molar refractivity (Wildman–Crippen MR) is 135 cm³/mol. The van der Waals surface area contributed by atoms with Crippen LogP contribution in [0.25, 0.3) is 27.9 Å². The molecule has 0 radical (unpaired) electrons. The molecule has 0 fully saturated rings. The normalized spacial score (nSPS) is 16.2. The molecule has 5 heteroatoms. The Hall–Kier alpha value is -2.79. The number of esters is 1. The molecule has 33 heavy (non-hydrogen) atoms. The van der Waals surface area contributed by atoms with Gasteiger partial charge in [-0.3, -0.25) is 4.79 Å². The number of carbonyl (C=O) groups excluding carboxylic acids is 1. The Morgan fingerprint density at radius 1 is 1.18 bits per heavy atom. The van der Waals surface area contributed by atoms with Crippen LogP contribution in [0.5, 0.6) is 5.75 Å². The topological polar surface area (TPSA) is 77.3 Å². The van der Waals surface area contributed by atoms with Crippen molar-refractivity contribution in [3.05, 3.63) is 47.0 Å². The number of carbonyl (C=O) groups is 1. The number of aromatic nitrogens is 1. The second-order valence-electron chi connectivity index (χ2n) is 11.2. The molecule has 5 nitrogen and oxygen atoms in total. The van der Waals surface area contributed by atoms with Gasteiger partial charge in [-0.15, -0.1) is 0 Å².